The minimum Gasteiger partial charge on any atom is -0.444 e. The second-order valence-electron chi connectivity index (χ2n) is 7.38. The third-order valence-corrected chi connectivity index (χ3v) is 4.12. The van der Waals surface area contributed by atoms with Crippen molar-refractivity contribution in [2.75, 3.05) is 44.2 Å². The SMILES string of the molecule is CC(C)(C)OC(=O)NCCCN1CCN(c2ccc([N+](=O)[O-])cc2)CC1. The molecule has 8 heteroatoms. The first-order valence-corrected chi connectivity index (χ1v) is 8.93. The molecule has 1 aromatic rings. The number of hydrogen-bond donors (Lipinski definition) is 1. The number of amides is 1. The van der Waals surface area contributed by atoms with Crippen molar-refractivity contribution < 1.29 is 14.5 Å². The van der Waals surface area contributed by atoms with Gasteiger partial charge in [0.05, 0.1) is 4.92 Å². The lowest BCUT2D eigenvalue weighted by atomic mass is 10.2. The lowest BCUT2D eigenvalue weighted by molar-refractivity contribution is -0.384. The Morgan fingerprint density at radius 2 is 1.81 bits per heavy atom. The minimum atomic E-state index is -0.474. The van der Waals surface area contributed by atoms with Crippen LogP contribution in [0.25, 0.3) is 0 Å². The third-order valence-electron chi connectivity index (χ3n) is 4.12. The second kappa shape index (κ2) is 8.84. The highest BCUT2D eigenvalue weighted by Crippen LogP contribution is 2.20. The van der Waals surface area contributed by atoms with Crippen LogP contribution in [-0.4, -0.2) is 60.8 Å². The predicted octanol–water partition coefficient (Wildman–Crippen LogP) is 2.63. The van der Waals surface area contributed by atoms with E-state index in [-0.39, 0.29) is 16.7 Å². The number of nitrogens with one attached hydrogen (secondary N) is 1. The maximum atomic E-state index is 11.6. The normalized spacial score (nSPS) is 15.6. The van der Waals surface area contributed by atoms with E-state index in [0.717, 1.165) is 44.8 Å². The van der Waals surface area contributed by atoms with Crippen molar-refractivity contribution in [3.05, 3.63) is 34.4 Å². The van der Waals surface area contributed by atoms with Crippen LogP contribution in [0.1, 0.15) is 27.2 Å². The highest BCUT2D eigenvalue weighted by Gasteiger charge is 2.18. The smallest absolute Gasteiger partial charge is 0.407 e. The van der Waals surface area contributed by atoms with Gasteiger partial charge in [0.15, 0.2) is 0 Å². The van der Waals surface area contributed by atoms with E-state index in [1.807, 2.05) is 20.8 Å². The Morgan fingerprint density at radius 1 is 1.19 bits per heavy atom. The summed E-state index contributed by atoms with van der Waals surface area (Å²) in [5.41, 5.74) is 0.657. The van der Waals surface area contributed by atoms with Gasteiger partial charge >= 0.3 is 6.09 Å². The Bertz CT molecular complexity index is 605. The van der Waals surface area contributed by atoms with Crippen molar-refractivity contribution in [3.63, 3.8) is 0 Å². The number of ether oxygens (including phenoxy) is 1. The van der Waals surface area contributed by atoms with E-state index in [2.05, 4.69) is 15.1 Å². The number of rotatable bonds is 6. The van der Waals surface area contributed by atoms with Crippen LogP contribution in [0.5, 0.6) is 0 Å². The molecular formula is C18H28N4O4. The average Bonchev–Trinajstić information content (AvgIpc) is 2.58. The van der Waals surface area contributed by atoms with E-state index in [0.29, 0.717) is 6.54 Å². The molecule has 1 heterocycles. The Labute approximate surface area is 154 Å². The second-order valence-corrected chi connectivity index (χ2v) is 7.38. The molecule has 1 N–H and O–H groups in total. The van der Waals surface area contributed by atoms with Gasteiger partial charge in [-0.3, -0.25) is 15.0 Å². The average molecular weight is 364 g/mol. The summed E-state index contributed by atoms with van der Waals surface area (Å²) in [6.45, 7) is 10.7. The van der Waals surface area contributed by atoms with Gasteiger partial charge in [-0.2, -0.15) is 0 Å². The van der Waals surface area contributed by atoms with Crippen molar-refractivity contribution in [3.8, 4) is 0 Å². The summed E-state index contributed by atoms with van der Waals surface area (Å²) < 4.78 is 5.20. The van der Waals surface area contributed by atoms with Gasteiger partial charge in [0.25, 0.3) is 5.69 Å². The fraction of sp³-hybridized carbons (Fsp3) is 0.611. The topological polar surface area (TPSA) is 88.0 Å². The number of piperazine rings is 1. The van der Waals surface area contributed by atoms with Crippen molar-refractivity contribution in [2.24, 2.45) is 0 Å². The molecule has 1 aromatic carbocycles. The van der Waals surface area contributed by atoms with Crippen LogP contribution in [0, 0.1) is 10.1 Å². The highest BCUT2D eigenvalue weighted by atomic mass is 16.6. The summed E-state index contributed by atoms with van der Waals surface area (Å²) in [7, 11) is 0. The van der Waals surface area contributed by atoms with E-state index < -0.39 is 5.60 Å². The fourth-order valence-corrected chi connectivity index (χ4v) is 2.82. The number of hydrogen-bond acceptors (Lipinski definition) is 6. The van der Waals surface area contributed by atoms with Gasteiger partial charge in [0.1, 0.15) is 5.60 Å². The molecule has 0 saturated carbocycles. The van der Waals surface area contributed by atoms with Crippen LogP contribution < -0.4 is 10.2 Å². The lowest BCUT2D eigenvalue weighted by Crippen LogP contribution is -2.47. The first kappa shape index (κ1) is 20.0. The number of benzene rings is 1. The van der Waals surface area contributed by atoms with E-state index in [1.54, 1.807) is 24.3 Å². The third kappa shape index (κ3) is 6.51. The fourth-order valence-electron chi connectivity index (χ4n) is 2.82. The molecule has 0 atom stereocenters. The van der Waals surface area contributed by atoms with Gasteiger partial charge < -0.3 is 15.0 Å². The number of carbonyl (C=O) groups is 1. The number of anilines is 1. The van der Waals surface area contributed by atoms with Gasteiger partial charge in [-0.25, -0.2) is 4.79 Å². The molecule has 0 aromatic heterocycles. The van der Waals surface area contributed by atoms with Gasteiger partial charge in [0, 0.05) is 50.5 Å². The number of nitro benzene ring substituents is 1. The summed E-state index contributed by atoms with van der Waals surface area (Å²) >= 11 is 0. The van der Waals surface area contributed by atoms with Crippen LogP contribution in [-0.2, 0) is 4.74 Å². The molecule has 0 radical (unpaired) electrons. The number of carbonyl (C=O) groups excluding carboxylic acids is 1. The molecule has 1 aliphatic heterocycles. The lowest BCUT2D eigenvalue weighted by Gasteiger charge is -2.36. The van der Waals surface area contributed by atoms with Crippen molar-refractivity contribution in [1.82, 2.24) is 10.2 Å². The number of nitro groups is 1. The summed E-state index contributed by atoms with van der Waals surface area (Å²) in [5, 5.41) is 13.5. The molecule has 1 saturated heterocycles. The van der Waals surface area contributed by atoms with Crippen LogP contribution in [0.15, 0.2) is 24.3 Å². The molecule has 1 aliphatic rings. The van der Waals surface area contributed by atoms with Crippen molar-refractivity contribution in [1.29, 1.82) is 0 Å². The van der Waals surface area contributed by atoms with E-state index in [9.17, 15) is 14.9 Å². The molecule has 2 rings (SSSR count). The van der Waals surface area contributed by atoms with E-state index in [1.165, 1.54) is 0 Å². The van der Waals surface area contributed by atoms with Crippen LogP contribution >= 0.6 is 0 Å². The quantitative estimate of drug-likeness (QED) is 0.474. The van der Waals surface area contributed by atoms with Crippen LogP contribution in [0.4, 0.5) is 16.2 Å². The maximum absolute atomic E-state index is 11.6. The number of non-ortho nitro benzene ring substituents is 1. The molecular weight excluding hydrogens is 336 g/mol. The van der Waals surface area contributed by atoms with Gasteiger partial charge in [-0.05, 0) is 45.9 Å². The molecule has 0 unspecified atom stereocenters. The zero-order valence-electron chi connectivity index (χ0n) is 15.7. The van der Waals surface area contributed by atoms with E-state index >= 15 is 0 Å². The standard InChI is InChI=1S/C18H28N4O4/c1-18(2,3)26-17(23)19-9-4-10-20-11-13-21(14-12-20)15-5-7-16(8-6-15)22(24)25/h5-8H,4,9-14H2,1-3H3,(H,19,23). The van der Waals surface area contributed by atoms with Crippen LogP contribution in [0.3, 0.4) is 0 Å². The molecule has 1 fully saturated rings. The zero-order chi connectivity index (χ0) is 19.2. The Hall–Kier alpha value is -2.35. The highest BCUT2D eigenvalue weighted by molar-refractivity contribution is 5.67. The minimum absolute atomic E-state index is 0.116. The van der Waals surface area contributed by atoms with Gasteiger partial charge in [0.2, 0.25) is 0 Å². The van der Waals surface area contributed by atoms with E-state index in [4.69, 9.17) is 4.74 Å². The zero-order valence-corrected chi connectivity index (χ0v) is 15.7. The summed E-state index contributed by atoms with van der Waals surface area (Å²) in [6.07, 6.45) is 0.497. The van der Waals surface area contributed by atoms with Crippen molar-refractivity contribution in [2.45, 2.75) is 32.8 Å². The van der Waals surface area contributed by atoms with Crippen LogP contribution in [0.2, 0.25) is 0 Å². The monoisotopic (exact) mass is 364 g/mol. The van der Waals surface area contributed by atoms with Gasteiger partial charge in [-0.1, -0.05) is 0 Å². The summed E-state index contributed by atoms with van der Waals surface area (Å²) in [5.74, 6) is 0. The summed E-state index contributed by atoms with van der Waals surface area (Å²) in [6, 6.07) is 6.70. The predicted molar refractivity (Wildman–Crippen MR) is 101 cm³/mol. The largest absolute Gasteiger partial charge is 0.444 e. The molecule has 0 spiro atoms. The Kier molecular flexibility index (Phi) is 6.79. The first-order chi connectivity index (χ1) is 12.2. The number of alkyl carbamates (subject to hydrolysis) is 1. The van der Waals surface area contributed by atoms with Crippen molar-refractivity contribution >= 4 is 17.5 Å². The molecule has 0 bridgehead atoms. The van der Waals surface area contributed by atoms with Gasteiger partial charge in [-0.15, -0.1) is 0 Å². The Balaban J connectivity index is 1.65. The molecule has 1 amide bonds. The summed E-state index contributed by atoms with van der Waals surface area (Å²) in [4.78, 5) is 26.5. The maximum Gasteiger partial charge on any atom is 0.407 e. The molecule has 0 aliphatic carbocycles. The number of nitrogens with zero attached hydrogens (tertiary/aromatic N) is 3. The first-order valence-electron chi connectivity index (χ1n) is 8.93. The molecule has 144 valence electrons. The Morgan fingerprint density at radius 3 is 2.35 bits per heavy atom. The molecule has 8 nitrogen and oxygen atoms in total. The molecule has 26 heavy (non-hydrogen) atoms.